The number of hydrogen-bond acceptors (Lipinski definition) is 3. The predicted octanol–water partition coefficient (Wildman–Crippen LogP) is 4.91. The van der Waals surface area contributed by atoms with E-state index in [-0.39, 0.29) is 18.4 Å². The fourth-order valence-corrected chi connectivity index (χ4v) is 3.91. The highest BCUT2D eigenvalue weighted by molar-refractivity contribution is 7.80. The summed E-state index contributed by atoms with van der Waals surface area (Å²) in [4.78, 5) is 0. The molecule has 30 heavy (non-hydrogen) atoms. The minimum Gasteiger partial charge on any atom is -0.356 e. The summed E-state index contributed by atoms with van der Waals surface area (Å²) >= 11 is 11.7. The first kappa shape index (κ1) is 22.2. The fraction of sp³-hybridized carbons (Fsp3) is 0.381. The normalized spacial score (nSPS) is 12.1. The van der Waals surface area contributed by atoms with Crippen LogP contribution in [0.15, 0.2) is 24.4 Å². The lowest BCUT2D eigenvalue weighted by Crippen LogP contribution is -2.31. The zero-order valence-corrected chi connectivity index (χ0v) is 19.3. The number of nitrogens with zero attached hydrogens (tertiary/aromatic N) is 4. The molecule has 2 heterocycles. The minimum absolute atomic E-state index is 0.00169. The third-order valence-electron chi connectivity index (χ3n) is 5.11. The van der Waals surface area contributed by atoms with Crippen LogP contribution in [0.1, 0.15) is 48.1 Å². The molecule has 2 aromatic heterocycles. The molecule has 3 rings (SSSR count). The number of aromatic nitrogens is 4. The Bertz CT molecular complexity index is 1050. The topological polar surface area (TPSA) is 59.7 Å². The van der Waals surface area contributed by atoms with Gasteiger partial charge in [0.1, 0.15) is 5.82 Å². The molecule has 1 unspecified atom stereocenters. The van der Waals surface area contributed by atoms with Crippen LogP contribution in [0.3, 0.4) is 0 Å². The van der Waals surface area contributed by atoms with E-state index in [0.29, 0.717) is 15.7 Å². The maximum Gasteiger partial charge on any atom is 0.171 e. The summed E-state index contributed by atoms with van der Waals surface area (Å²) < 4.78 is 17.8. The first-order valence-corrected chi connectivity index (χ1v) is 10.6. The first-order valence-electron chi connectivity index (χ1n) is 9.79. The molecule has 0 radical (unpaired) electrons. The average Bonchev–Trinajstić information content (AvgIpc) is 3.19. The fourth-order valence-electron chi connectivity index (χ4n) is 3.41. The van der Waals surface area contributed by atoms with E-state index in [1.54, 1.807) is 16.8 Å². The van der Waals surface area contributed by atoms with Gasteiger partial charge in [0.05, 0.1) is 35.4 Å². The molecule has 0 aliphatic heterocycles. The van der Waals surface area contributed by atoms with Crippen molar-refractivity contribution in [3.8, 4) is 0 Å². The van der Waals surface area contributed by atoms with Crippen molar-refractivity contribution in [1.29, 1.82) is 0 Å². The van der Waals surface area contributed by atoms with Gasteiger partial charge in [-0.1, -0.05) is 17.7 Å². The van der Waals surface area contributed by atoms with Crippen LogP contribution in [-0.2, 0) is 13.1 Å². The van der Waals surface area contributed by atoms with Crippen LogP contribution in [0, 0.1) is 26.6 Å². The van der Waals surface area contributed by atoms with Crippen molar-refractivity contribution in [2.75, 3.05) is 5.32 Å². The van der Waals surface area contributed by atoms with Gasteiger partial charge in [-0.05, 0) is 59.0 Å². The predicted molar refractivity (Wildman–Crippen MR) is 123 cm³/mol. The lowest BCUT2D eigenvalue weighted by Gasteiger charge is -2.17. The van der Waals surface area contributed by atoms with E-state index in [2.05, 4.69) is 27.8 Å². The van der Waals surface area contributed by atoms with Gasteiger partial charge in [-0.2, -0.15) is 10.2 Å². The van der Waals surface area contributed by atoms with Crippen LogP contribution >= 0.6 is 23.8 Å². The quantitative estimate of drug-likeness (QED) is 0.524. The molecular weight excluding hydrogens is 423 g/mol. The SMILES string of the molecule is CCn1cc(C(C)NC(=S)Nc2c(C)nn(Cc3c(F)cccc3Cl)c2C)c(C)n1. The molecule has 0 saturated heterocycles. The number of aryl methyl sites for hydroxylation is 3. The third kappa shape index (κ3) is 4.65. The zero-order valence-electron chi connectivity index (χ0n) is 17.8. The maximum absolute atomic E-state index is 14.2. The molecule has 1 aromatic carbocycles. The molecule has 0 fully saturated rings. The lowest BCUT2D eigenvalue weighted by atomic mass is 10.1. The van der Waals surface area contributed by atoms with Crippen molar-refractivity contribution in [2.45, 2.75) is 53.8 Å². The van der Waals surface area contributed by atoms with Gasteiger partial charge in [0.2, 0.25) is 0 Å². The lowest BCUT2D eigenvalue weighted by molar-refractivity contribution is 0.579. The van der Waals surface area contributed by atoms with Gasteiger partial charge in [-0.15, -0.1) is 0 Å². The molecule has 2 N–H and O–H groups in total. The second kappa shape index (κ2) is 9.14. The number of benzene rings is 1. The smallest absolute Gasteiger partial charge is 0.171 e. The summed E-state index contributed by atoms with van der Waals surface area (Å²) in [5, 5.41) is 16.4. The van der Waals surface area contributed by atoms with Crippen molar-refractivity contribution < 1.29 is 4.39 Å². The molecule has 9 heteroatoms. The van der Waals surface area contributed by atoms with Crippen molar-refractivity contribution in [3.05, 3.63) is 63.4 Å². The highest BCUT2D eigenvalue weighted by Gasteiger charge is 2.18. The van der Waals surface area contributed by atoms with E-state index in [1.807, 2.05) is 38.6 Å². The van der Waals surface area contributed by atoms with E-state index in [0.717, 1.165) is 34.9 Å². The second-order valence-electron chi connectivity index (χ2n) is 7.25. The summed E-state index contributed by atoms with van der Waals surface area (Å²) in [6, 6.07) is 4.66. The van der Waals surface area contributed by atoms with Gasteiger partial charge in [0.15, 0.2) is 5.11 Å². The van der Waals surface area contributed by atoms with Crippen LogP contribution in [0.5, 0.6) is 0 Å². The minimum atomic E-state index is -0.349. The Morgan fingerprint density at radius 1 is 1.23 bits per heavy atom. The highest BCUT2D eigenvalue weighted by atomic mass is 35.5. The zero-order chi connectivity index (χ0) is 22.0. The third-order valence-corrected chi connectivity index (χ3v) is 5.69. The van der Waals surface area contributed by atoms with Gasteiger partial charge in [0.25, 0.3) is 0 Å². The molecule has 0 bridgehead atoms. The Kier molecular flexibility index (Phi) is 6.77. The van der Waals surface area contributed by atoms with Crippen LogP contribution in [-0.4, -0.2) is 24.7 Å². The summed E-state index contributed by atoms with van der Waals surface area (Å²) in [5.74, 6) is -0.349. The first-order chi connectivity index (χ1) is 14.2. The molecule has 160 valence electrons. The van der Waals surface area contributed by atoms with Gasteiger partial charge >= 0.3 is 0 Å². The van der Waals surface area contributed by atoms with Crippen molar-refractivity contribution >= 4 is 34.6 Å². The molecule has 0 aliphatic rings. The van der Waals surface area contributed by atoms with E-state index < -0.39 is 0 Å². The van der Waals surface area contributed by atoms with Gasteiger partial charge in [-0.3, -0.25) is 9.36 Å². The number of nitrogens with one attached hydrogen (secondary N) is 2. The second-order valence-corrected chi connectivity index (χ2v) is 8.06. The van der Waals surface area contributed by atoms with E-state index >= 15 is 0 Å². The van der Waals surface area contributed by atoms with Crippen LogP contribution < -0.4 is 10.6 Å². The van der Waals surface area contributed by atoms with Gasteiger partial charge in [0, 0.05) is 28.9 Å². The molecule has 0 aliphatic carbocycles. The Hall–Kier alpha value is -2.45. The van der Waals surface area contributed by atoms with Crippen molar-refractivity contribution in [2.24, 2.45) is 0 Å². The van der Waals surface area contributed by atoms with Crippen LogP contribution in [0.2, 0.25) is 5.02 Å². The summed E-state index contributed by atoms with van der Waals surface area (Å²) in [7, 11) is 0. The van der Waals surface area contributed by atoms with E-state index in [9.17, 15) is 4.39 Å². The summed E-state index contributed by atoms with van der Waals surface area (Å²) in [5.41, 5.74) is 4.90. The molecule has 1 atom stereocenters. The number of thiocarbonyl (C=S) groups is 1. The summed E-state index contributed by atoms with van der Waals surface area (Å²) in [6.07, 6.45) is 2.03. The molecular formula is C21H26ClFN6S. The summed E-state index contributed by atoms with van der Waals surface area (Å²) in [6.45, 7) is 10.9. The Morgan fingerprint density at radius 2 is 1.97 bits per heavy atom. The Balaban J connectivity index is 1.73. The number of rotatable bonds is 6. The molecule has 0 spiro atoms. The number of halogens is 2. The number of anilines is 1. The molecule has 3 aromatic rings. The van der Waals surface area contributed by atoms with Crippen LogP contribution in [0.25, 0.3) is 0 Å². The molecule has 0 amide bonds. The largest absolute Gasteiger partial charge is 0.356 e. The van der Waals surface area contributed by atoms with Crippen molar-refractivity contribution in [1.82, 2.24) is 24.9 Å². The van der Waals surface area contributed by atoms with E-state index in [1.165, 1.54) is 6.07 Å². The van der Waals surface area contributed by atoms with Crippen molar-refractivity contribution in [3.63, 3.8) is 0 Å². The molecule has 0 saturated carbocycles. The van der Waals surface area contributed by atoms with E-state index in [4.69, 9.17) is 23.8 Å². The van der Waals surface area contributed by atoms with Crippen LogP contribution in [0.4, 0.5) is 10.1 Å². The number of hydrogen-bond donors (Lipinski definition) is 2. The Morgan fingerprint density at radius 3 is 2.60 bits per heavy atom. The molecule has 6 nitrogen and oxygen atoms in total. The standard InChI is InChI=1S/C21H26ClFN6S/c1-6-28-10-16(13(3)26-28)12(2)24-21(30)25-20-14(4)27-29(15(20)5)11-17-18(22)8-7-9-19(17)23/h7-10,12H,6,11H2,1-5H3,(H2,24,25,30). The maximum atomic E-state index is 14.2. The average molecular weight is 449 g/mol. The monoisotopic (exact) mass is 448 g/mol. The van der Waals surface area contributed by atoms with Gasteiger partial charge in [-0.25, -0.2) is 4.39 Å². The van der Waals surface area contributed by atoms with Gasteiger partial charge < -0.3 is 10.6 Å². The highest BCUT2D eigenvalue weighted by Crippen LogP contribution is 2.25. The Labute approximate surface area is 186 Å².